The molecule has 1 atom stereocenters. The summed E-state index contributed by atoms with van der Waals surface area (Å²) in [6.45, 7) is 7.21. The molecule has 1 aliphatic rings. The zero-order chi connectivity index (χ0) is 16.6. The van der Waals surface area contributed by atoms with Crippen molar-refractivity contribution >= 4 is 10.0 Å². The predicted octanol–water partition coefficient (Wildman–Crippen LogP) is 1.49. The summed E-state index contributed by atoms with van der Waals surface area (Å²) in [7, 11) is -3.52. The molecule has 8 heteroatoms. The van der Waals surface area contributed by atoms with Gasteiger partial charge < -0.3 is 0 Å². The molecule has 2 aromatic rings. The number of aromatic nitrogens is 4. The van der Waals surface area contributed by atoms with E-state index in [9.17, 15) is 8.42 Å². The quantitative estimate of drug-likeness (QED) is 0.845. The van der Waals surface area contributed by atoms with Crippen LogP contribution in [-0.4, -0.2) is 45.6 Å². The van der Waals surface area contributed by atoms with E-state index in [0.29, 0.717) is 30.2 Å². The predicted molar refractivity (Wildman–Crippen MR) is 85.5 cm³/mol. The largest absolute Gasteiger partial charge is 0.269 e. The van der Waals surface area contributed by atoms with Crippen LogP contribution in [0.1, 0.15) is 36.5 Å². The first kappa shape index (κ1) is 16.1. The van der Waals surface area contributed by atoms with Crippen molar-refractivity contribution in [1.29, 1.82) is 0 Å². The number of sulfonamides is 1. The number of hydrogen-bond acceptors (Lipinski definition) is 5. The summed E-state index contributed by atoms with van der Waals surface area (Å²) in [5.74, 6) is 0.773. The standard InChI is InChI=1S/C15H21N5O2S/c1-4-20-12(3)14(9-17-20)23(21,22)19-8-6-13(10-19)15-16-7-5-11(2)18-15/h5,7,9,13H,4,6,8,10H2,1-3H3. The molecule has 1 unspecified atom stereocenters. The highest BCUT2D eigenvalue weighted by atomic mass is 32.2. The molecule has 1 saturated heterocycles. The van der Waals surface area contributed by atoms with E-state index in [1.807, 2.05) is 19.9 Å². The monoisotopic (exact) mass is 335 g/mol. The average Bonchev–Trinajstić information content (AvgIpc) is 3.14. The number of aryl methyl sites for hydroxylation is 2. The van der Waals surface area contributed by atoms with Crippen molar-refractivity contribution in [1.82, 2.24) is 24.1 Å². The van der Waals surface area contributed by atoms with Crippen LogP contribution in [0.15, 0.2) is 23.4 Å². The first-order valence-electron chi connectivity index (χ1n) is 7.75. The van der Waals surface area contributed by atoms with Gasteiger partial charge in [-0.3, -0.25) is 4.68 Å². The third-order valence-electron chi connectivity index (χ3n) is 4.31. The van der Waals surface area contributed by atoms with Gasteiger partial charge >= 0.3 is 0 Å². The Morgan fingerprint density at radius 1 is 1.35 bits per heavy atom. The van der Waals surface area contributed by atoms with E-state index < -0.39 is 10.0 Å². The molecule has 23 heavy (non-hydrogen) atoms. The number of nitrogens with zero attached hydrogens (tertiary/aromatic N) is 5. The molecule has 1 aliphatic heterocycles. The van der Waals surface area contributed by atoms with Gasteiger partial charge in [-0.05, 0) is 33.3 Å². The van der Waals surface area contributed by atoms with Crippen LogP contribution in [0.2, 0.25) is 0 Å². The van der Waals surface area contributed by atoms with Gasteiger partial charge in [-0.2, -0.15) is 9.40 Å². The van der Waals surface area contributed by atoms with Crippen LogP contribution in [0.3, 0.4) is 0 Å². The molecule has 3 rings (SSSR count). The van der Waals surface area contributed by atoms with Crippen LogP contribution in [-0.2, 0) is 16.6 Å². The van der Waals surface area contributed by atoms with Crippen molar-refractivity contribution in [3.8, 4) is 0 Å². The average molecular weight is 335 g/mol. The molecule has 0 aliphatic carbocycles. The maximum absolute atomic E-state index is 12.9. The first-order chi connectivity index (χ1) is 10.9. The lowest BCUT2D eigenvalue weighted by Gasteiger charge is -2.16. The van der Waals surface area contributed by atoms with Crippen LogP contribution in [0, 0.1) is 13.8 Å². The highest BCUT2D eigenvalue weighted by Crippen LogP contribution is 2.30. The van der Waals surface area contributed by atoms with E-state index in [1.165, 1.54) is 10.5 Å². The van der Waals surface area contributed by atoms with E-state index in [1.54, 1.807) is 17.8 Å². The van der Waals surface area contributed by atoms with Crippen molar-refractivity contribution in [3.63, 3.8) is 0 Å². The minimum Gasteiger partial charge on any atom is -0.269 e. The Bertz CT molecular complexity index is 815. The van der Waals surface area contributed by atoms with Gasteiger partial charge in [0.15, 0.2) is 0 Å². The molecule has 0 N–H and O–H groups in total. The summed E-state index contributed by atoms with van der Waals surface area (Å²) in [6.07, 6.45) is 3.92. The Labute approximate surface area is 136 Å². The first-order valence-corrected chi connectivity index (χ1v) is 9.19. The second kappa shape index (κ2) is 6.01. The van der Waals surface area contributed by atoms with Crippen LogP contribution >= 0.6 is 0 Å². The van der Waals surface area contributed by atoms with Crippen molar-refractivity contribution in [2.45, 2.75) is 44.6 Å². The minimum atomic E-state index is -3.52. The molecule has 0 bridgehead atoms. The molecule has 3 heterocycles. The van der Waals surface area contributed by atoms with Gasteiger partial charge in [0.1, 0.15) is 10.7 Å². The molecule has 0 spiro atoms. The second-order valence-corrected chi connectivity index (χ2v) is 7.72. The molecule has 124 valence electrons. The third kappa shape index (κ3) is 2.88. The highest BCUT2D eigenvalue weighted by molar-refractivity contribution is 7.89. The molecule has 7 nitrogen and oxygen atoms in total. The summed E-state index contributed by atoms with van der Waals surface area (Å²) < 4.78 is 28.9. The van der Waals surface area contributed by atoms with Gasteiger partial charge in [0, 0.05) is 37.4 Å². The molecule has 0 saturated carbocycles. The molecule has 0 aromatic carbocycles. The van der Waals surface area contributed by atoms with E-state index in [-0.39, 0.29) is 5.92 Å². The Kier molecular flexibility index (Phi) is 4.20. The Balaban J connectivity index is 1.84. The van der Waals surface area contributed by atoms with Crippen molar-refractivity contribution in [2.75, 3.05) is 13.1 Å². The van der Waals surface area contributed by atoms with E-state index in [2.05, 4.69) is 15.1 Å². The highest BCUT2D eigenvalue weighted by Gasteiger charge is 2.36. The third-order valence-corrected chi connectivity index (χ3v) is 6.27. The summed E-state index contributed by atoms with van der Waals surface area (Å²) in [4.78, 5) is 9.02. The zero-order valence-corrected chi connectivity index (χ0v) is 14.4. The van der Waals surface area contributed by atoms with Gasteiger partial charge in [0.2, 0.25) is 10.0 Å². The molecular weight excluding hydrogens is 314 g/mol. The molecule has 0 radical (unpaired) electrons. The topological polar surface area (TPSA) is 81.0 Å². The second-order valence-electron chi connectivity index (χ2n) is 5.81. The summed E-state index contributed by atoms with van der Waals surface area (Å²) in [5, 5.41) is 4.15. The molecular formula is C15H21N5O2S. The fourth-order valence-corrected chi connectivity index (χ4v) is 4.62. The fourth-order valence-electron chi connectivity index (χ4n) is 2.96. The lowest BCUT2D eigenvalue weighted by atomic mass is 10.1. The normalized spacial score (nSPS) is 19.3. The van der Waals surface area contributed by atoms with Crippen LogP contribution < -0.4 is 0 Å². The summed E-state index contributed by atoms with van der Waals surface area (Å²) >= 11 is 0. The lowest BCUT2D eigenvalue weighted by Crippen LogP contribution is -2.29. The van der Waals surface area contributed by atoms with Gasteiger partial charge in [-0.25, -0.2) is 18.4 Å². The summed E-state index contributed by atoms with van der Waals surface area (Å²) in [6, 6.07) is 1.84. The number of rotatable bonds is 4. The van der Waals surface area contributed by atoms with E-state index in [4.69, 9.17) is 0 Å². The summed E-state index contributed by atoms with van der Waals surface area (Å²) in [5.41, 5.74) is 1.58. The maximum atomic E-state index is 12.9. The molecule has 0 amide bonds. The lowest BCUT2D eigenvalue weighted by molar-refractivity contribution is 0.470. The van der Waals surface area contributed by atoms with Crippen LogP contribution in [0.5, 0.6) is 0 Å². The fraction of sp³-hybridized carbons (Fsp3) is 0.533. The van der Waals surface area contributed by atoms with Crippen molar-refractivity contribution in [2.24, 2.45) is 0 Å². The molecule has 2 aromatic heterocycles. The maximum Gasteiger partial charge on any atom is 0.246 e. The van der Waals surface area contributed by atoms with E-state index in [0.717, 1.165) is 17.9 Å². The van der Waals surface area contributed by atoms with Crippen molar-refractivity contribution in [3.05, 3.63) is 35.7 Å². The minimum absolute atomic E-state index is 0.0474. The van der Waals surface area contributed by atoms with Gasteiger partial charge in [0.05, 0.1) is 11.9 Å². The Morgan fingerprint density at radius 3 is 2.78 bits per heavy atom. The van der Waals surface area contributed by atoms with Crippen molar-refractivity contribution < 1.29 is 8.42 Å². The van der Waals surface area contributed by atoms with Crippen LogP contribution in [0.25, 0.3) is 0 Å². The van der Waals surface area contributed by atoms with E-state index >= 15 is 0 Å². The van der Waals surface area contributed by atoms with Gasteiger partial charge in [-0.15, -0.1) is 0 Å². The number of hydrogen-bond donors (Lipinski definition) is 0. The van der Waals surface area contributed by atoms with Crippen LogP contribution in [0.4, 0.5) is 0 Å². The SMILES string of the molecule is CCn1ncc(S(=O)(=O)N2CCC(c3nccc(C)n3)C2)c1C. The van der Waals surface area contributed by atoms with Gasteiger partial charge in [-0.1, -0.05) is 0 Å². The van der Waals surface area contributed by atoms with Gasteiger partial charge in [0.25, 0.3) is 0 Å². The Morgan fingerprint density at radius 2 is 2.13 bits per heavy atom. The zero-order valence-electron chi connectivity index (χ0n) is 13.6. The Hall–Kier alpha value is -1.80. The molecule has 1 fully saturated rings. The smallest absolute Gasteiger partial charge is 0.246 e.